The van der Waals surface area contributed by atoms with E-state index in [9.17, 15) is 0 Å². The van der Waals surface area contributed by atoms with Crippen LogP contribution in [0.25, 0.3) is 0 Å². The van der Waals surface area contributed by atoms with Gasteiger partial charge in [0.25, 0.3) is 0 Å². The molecule has 0 spiro atoms. The summed E-state index contributed by atoms with van der Waals surface area (Å²) >= 11 is 3.43. The Morgan fingerprint density at radius 3 is 2.64 bits per heavy atom. The van der Waals surface area contributed by atoms with Crippen LogP contribution in [-0.2, 0) is 0 Å². The molecule has 0 aliphatic carbocycles. The van der Waals surface area contributed by atoms with E-state index in [2.05, 4.69) is 45.5 Å². The maximum atomic E-state index is 6.07. The fourth-order valence-corrected chi connectivity index (χ4v) is 2.21. The molecular weight excluding hydrogens is 240 g/mol. The molecule has 0 bridgehead atoms. The van der Waals surface area contributed by atoms with Crippen LogP contribution < -0.4 is 11.1 Å². The van der Waals surface area contributed by atoms with Crippen LogP contribution in [0.2, 0.25) is 0 Å². The lowest BCUT2D eigenvalue weighted by atomic mass is 9.93. The monoisotopic (exact) mass is 254 g/mol. The standard InChI is InChI=1S/C11H15BrN2/c12-9-5-3-8(4-6-9)11-10(13)2-1-7-14-11/h3-6,10-11,14H,1-2,7,13H2. The molecule has 1 saturated heterocycles. The summed E-state index contributed by atoms with van der Waals surface area (Å²) in [6.07, 6.45) is 2.31. The maximum absolute atomic E-state index is 6.07. The molecule has 0 radical (unpaired) electrons. The van der Waals surface area contributed by atoms with Gasteiger partial charge in [-0.1, -0.05) is 28.1 Å². The van der Waals surface area contributed by atoms with E-state index in [1.807, 2.05) is 0 Å². The number of hydrogen-bond donors (Lipinski definition) is 2. The van der Waals surface area contributed by atoms with Crippen molar-refractivity contribution in [2.24, 2.45) is 5.73 Å². The van der Waals surface area contributed by atoms with Gasteiger partial charge in [-0.3, -0.25) is 0 Å². The first-order valence-corrected chi connectivity index (χ1v) is 5.81. The summed E-state index contributed by atoms with van der Waals surface area (Å²) in [6.45, 7) is 1.08. The molecule has 1 heterocycles. The zero-order valence-electron chi connectivity index (χ0n) is 8.04. The van der Waals surface area contributed by atoms with Gasteiger partial charge in [0.15, 0.2) is 0 Å². The third-order valence-corrected chi connectivity index (χ3v) is 3.26. The Labute approximate surface area is 93.0 Å². The Balaban J connectivity index is 2.16. The lowest BCUT2D eigenvalue weighted by Crippen LogP contribution is -2.42. The molecule has 1 fully saturated rings. The summed E-state index contributed by atoms with van der Waals surface area (Å²) in [7, 11) is 0. The van der Waals surface area contributed by atoms with Crippen molar-refractivity contribution in [1.29, 1.82) is 0 Å². The zero-order chi connectivity index (χ0) is 9.97. The van der Waals surface area contributed by atoms with Gasteiger partial charge in [0.1, 0.15) is 0 Å². The number of rotatable bonds is 1. The topological polar surface area (TPSA) is 38.0 Å². The van der Waals surface area contributed by atoms with Crippen LogP contribution >= 0.6 is 15.9 Å². The molecule has 2 atom stereocenters. The van der Waals surface area contributed by atoms with Crippen molar-refractivity contribution in [2.45, 2.75) is 24.9 Å². The second-order valence-corrected chi connectivity index (χ2v) is 4.71. The summed E-state index contributed by atoms with van der Waals surface area (Å²) < 4.78 is 1.12. The van der Waals surface area contributed by atoms with Gasteiger partial charge in [-0.15, -0.1) is 0 Å². The van der Waals surface area contributed by atoms with E-state index in [4.69, 9.17) is 5.73 Å². The Morgan fingerprint density at radius 1 is 1.29 bits per heavy atom. The average Bonchev–Trinajstić information content (AvgIpc) is 2.20. The van der Waals surface area contributed by atoms with Crippen molar-refractivity contribution in [1.82, 2.24) is 5.32 Å². The number of halogens is 1. The van der Waals surface area contributed by atoms with Crippen molar-refractivity contribution in [2.75, 3.05) is 6.54 Å². The number of piperidine rings is 1. The second-order valence-electron chi connectivity index (χ2n) is 3.79. The molecule has 2 rings (SSSR count). The summed E-state index contributed by atoms with van der Waals surface area (Å²) in [4.78, 5) is 0. The van der Waals surface area contributed by atoms with Crippen molar-refractivity contribution in [3.63, 3.8) is 0 Å². The van der Waals surface area contributed by atoms with Crippen LogP contribution in [0.15, 0.2) is 28.7 Å². The highest BCUT2D eigenvalue weighted by molar-refractivity contribution is 9.10. The first-order chi connectivity index (χ1) is 6.77. The van der Waals surface area contributed by atoms with Gasteiger partial charge in [-0.2, -0.15) is 0 Å². The lowest BCUT2D eigenvalue weighted by molar-refractivity contribution is 0.358. The van der Waals surface area contributed by atoms with Crippen molar-refractivity contribution in [3.05, 3.63) is 34.3 Å². The van der Waals surface area contributed by atoms with Gasteiger partial charge in [-0.05, 0) is 37.1 Å². The summed E-state index contributed by atoms with van der Waals surface area (Å²) in [5, 5.41) is 3.46. The Kier molecular flexibility index (Phi) is 3.21. The quantitative estimate of drug-likeness (QED) is 0.807. The highest BCUT2D eigenvalue weighted by Gasteiger charge is 2.22. The smallest absolute Gasteiger partial charge is 0.0473 e. The summed E-state index contributed by atoms with van der Waals surface area (Å²) in [5.41, 5.74) is 7.37. The van der Waals surface area contributed by atoms with Gasteiger partial charge in [0, 0.05) is 16.6 Å². The normalized spacial score (nSPS) is 27.6. The van der Waals surface area contributed by atoms with Crippen molar-refractivity contribution < 1.29 is 0 Å². The van der Waals surface area contributed by atoms with Crippen LogP contribution in [0.5, 0.6) is 0 Å². The predicted molar refractivity (Wildman–Crippen MR) is 62.1 cm³/mol. The van der Waals surface area contributed by atoms with E-state index >= 15 is 0 Å². The number of nitrogens with two attached hydrogens (primary N) is 1. The third-order valence-electron chi connectivity index (χ3n) is 2.74. The number of nitrogens with one attached hydrogen (secondary N) is 1. The first-order valence-electron chi connectivity index (χ1n) is 5.02. The minimum atomic E-state index is 0.255. The van der Waals surface area contributed by atoms with Gasteiger partial charge >= 0.3 is 0 Å². The van der Waals surface area contributed by atoms with Crippen molar-refractivity contribution in [3.8, 4) is 0 Å². The van der Waals surface area contributed by atoms with Gasteiger partial charge < -0.3 is 11.1 Å². The van der Waals surface area contributed by atoms with E-state index in [0.717, 1.165) is 17.4 Å². The Morgan fingerprint density at radius 2 is 2.00 bits per heavy atom. The van der Waals surface area contributed by atoms with Crippen LogP contribution in [0.3, 0.4) is 0 Å². The minimum absolute atomic E-state index is 0.255. The molecule has 1 aromatic carbocycles. The largest absolute Gasteiger partial charge is 0.326 e. The average molecular weight is 255 g/mol. The number of benzene rings is 1. The Hall–Kier alpha value is -0.380. The highest BCUT2D eigenvalue weighted by Crippen LogP contribution is 2.23. The fraction of sp³-hybridized carbons (Fsp3) is 0.455. The maximum Gasteiger partial charge on any atom is 0.0473 e. The molecule has 0 aromatic heterocycles. The SMILES string of the molecule is NC1CCCNC1c1ccc(Br)cc1. The lowest BCUT2D eigenvalue weighted by Gasteiger charge is -2.30. The predicted octanol–water partition coefficient (Wildman–Crippen LogP) is 2.20. The van der Waals surface area contributed by atoms with E-state index in [1.54, 1.807) is 0 Å². The molecule has 2 unspecified atom stereocenters. The van der Waals surface area contributed by atoms with E-state index in [0.29, 0.717) is 6.04 Å². The molecule has 14 heavy (non-hydrogen) atoms. The van der Waals surface area contributed by atoms with Crippen LogP contribution in [0.1, 0.15) is 24.4 Å². The Bertz CT molecular complexity index is 297. The molecule has 76 valence electrons. The third kappa shape index (κ3) is 2.16. The van der Waals surface area contributed by atoms with E-state index < -0.39 is 0 Å². The molecule has 0 amide bonds. The van der Waals surface area contributed by atoms with E-state index in [-0.39, 0.29) is 6.04 Å². The first kappa shape index (κ1) is 10.1. The van der Waals surface area contributed by atoms with Crippen LogP contribution in [0.4, 0.5) is 0 Å². The van der Waals surface area contributed by atoms with Crippen molar-refractivity contribution >= 4 is 15.9 Å². The van der Waals surface area contributed by atoms with Gasteiger partial charge in [0.2, 0.25) is 0 Å². The van der Waals surface area contributed by atoms with Crippen LogP contribution in [-0.4, -0.2) is 12.6 Å². The molecule has 3 N–H and O–H groups in total. The fourth-order valence-electron chi connectivity index (χ4n) is 1.95. The summed E-state index contributed by atoms with van der Waals surface area (Å²) in [6, 6.07) is 8.98. The van der Waals surface area contributed by atoms with Crippen LogP contribution in [0, 0.1) is 0 Å². The molecule has 1 aliphatic heterocycles. The molecule has 1 aliphatic rings. The zero-order valence-corrected chi connectivity index (χ0v) is 9.63. The number of hydrogen-bond acceptors (Lipinski definition) is 2. The van der Waals surface area contributed by atoms with Gasteiger partial charge in [0.05, 0.1) is 0 Å². The minimum Gasteiger partial charge on any atom is -0.326 e. The molecule has 3 heteroatoms. The summed E-state index contributed by atoms with van der Waals surface area (Å²) in [5.74, 6) is 0. The molecular formula is C11H15BrN2. The highest BCUT2D eigenvalue weighted by atomic mass is 79.9. The van der Waals surface area contributed by atoms with Gasteiger partial charge in [-0.25, -0.2) is 0 Å². The second kappa shape index (κ2) is 4.43. The van der Waals surface area contributed by atoms with E-state index in [1.165, 1.54) is 12.0 Å². The molecule has 1 aromatic rings. The molecule has 2 nitrogen and oxygen atoms in total. The molecule has 0 saturated carbocycles.